The number of rotatable bonds is 1. The molecule has 4 heteroatoms. The third kappa shape index (κ3) is 3.41. The van der Waals surface area contributed by atoms with Gasteiger partial charge in [-0.2, -0.15) is 0 Å². The molecule has 2 N–H and O–H groups in total. The number of likely N-dealkylation sites (tertiary alicyclic amines) is 1. The Bertz CT molecular complexity index is 367. The highest BCUT2D eigenvalue weighted by molar-refractivity contribution is 5.69. The molecule has 0 bridgehead atoms. The molecule has 1 heterocycles. The molecule has 1 aliphatic heterocycles. The molecule has 1 atom stereocenters. The van der Waals surface area contributed by atoms with Crippen molar-refractivity contribution in [2.75, 3.05) is 6.54 Å². The zero-order valence-electron chi connectivity index (χ0n) is 13.0. The van der Waals surface area contributed by atoms with Crippen LogP contribution < -0.4 is 5.73 Å². The maximum atomic E-state index is 12.4. The van der Waals surface area contributed by atoms with Crippen LogP contribution >= 0.6 is 0 Å². The summed E-state index contributed by atoms with van der Waals surface area (Å²) in [4.78, 5) is 14.3. The van der Waals surface area contributed by atoms with Crippen LogP contribution in [0.2, 0.25) is 0 Å². The molecule has 0 spiro atoms. The van der Waals surface area contributed by atoms with E-state index in [0.717, 1.165) is 32.2 Å². The van der Waals surface area contributed by atoms with E-state index in [2.05, 4.69) is 13.8 Å². The second-order valence-corrected chi connectivity index (χ2v) is 8.06. The summed E-state index contributed by atoms with van der Waals surface area (Å²) < 4.78 is 5.56. The van der Waals surface area contributed by atoms with Gasteiger partial charge >= 0.3 is 6.09 Å². The molecular weight excluding hydrogens is 240 g/mol. The van der Waals surface area contributed by atoms with E-state index in [1.54, 1.807) is 0 Å². The Morgan fingerprint density at radius 2 is 1.84 bits per heavy atom. The minimum Gasteiger partial charge on any atom is -0.444 e. The first-order valence-electron chi connectivity index (χ1n) is 7.31. The van der Waals surface area contributed by atoms with Gasteiger partial charge in [-0.3, -0.25) is 0 Å². The summed E-state index contributed by atoms with van der Waals surface area (Å²) in [6.45, 7) is 10.9. The summed E-state index contributed by atoms with van der Waals surface area (Å²) in [5.41, 5.74) is 5.89. The van der Waals surface area contributed by atoms with Crippen molar-refractivity contribution < 1.29 is 9.53 Å². The second kappa shape index (κ2) is 4.37. The van der Waals surface area contributed by atoms with Gasteiger partial charge in [-0.05, 0) is 51.9 Å². The fourth-order valence-electron chi connectivity index (χ4n) is 2.92. The molecule has 0 aromatic carbocycles. The zero-order chi connectivity index (χ0) is 14.5. The van der Waals surface area contributed by atoms with Crippen LogP contribution in [0.1, 0.15) is 60.3 Å². The quantitative estimate of drug-likeness (QED) is 0.795. The number of hydrogen-bond donors (Lipinski definition) is 1. The summed E-state index contributed by atoms with van der Waals surface area (Å²) in [5, 5.41) is 0. The number of amides is 1. The van der Waals surface area contributed by atoms with Crippen molar-refractivity contribution in [3.63, 3.8) is 0 Å². The number of hydrogen-bond acceptors (Lipinski definition) is 3. The molecule has 0 aromatic heterocycles. The number of nitrogens with zero attached hydrogens (tertiary/aromatic N) is 1. The minimum atomic E-state index is -0.450. The number of carbonyl (C=O) groups is 1. The van der Waals surface area contributed by atoms with E-state index < -0.39 is 5.60 Å². The van der Waals surface area contributed by atoms with E-state index in [9.17, 15) is 4.79 Å². The van der Waals surface area contributed by atoms with E-state index in [4.69, 9.17) is 10.5 Å². The van der Waals surface area contributed by atoms with Gasteiger partial charge in [-0.1, -0.05) is 13.8 Å². The third-order valence-electron chi connectivity index (χ3n) is 4.19. The summed E-state index contributed by atoms with van der Waals surface area (Å²) in [6.07, 6.45) is 3.95. The van der Waals surface area contributed by atoms with Crippen LogP contribution in [-0.2, 0) is 4.74 Å². The maximum absolute atomic E-state index is 12.4. The lowest BCUT2D eigenvalue weighted by Crippen LogP contribution is -2.58. The first-order valence-corrected chi connectivity index (χ1v) is 7.31. The lowest BCUT2D eigenvalue weighted by Gasteiger charge is -2.46. The molecule has 19 heavy (non-hydrogen) atoms. The van der Waals surface area contributed by atoms with Crippen molar-refractivity contribution in [3.8, 4) is 0 Å². The van der Waals surface area contributed by atoms with Crippen LogP contribution in [0.25, 0.3) is 0 Å². The highest BCUT2D eigenvalue weighted by atomic mass is 16.6. The molecular formula is C15H28N2O2. The largest absolute Gasteiger partial charge is 0.444 e. The molecule has 1 saturated heterocycles. The Morgan fingerprint density at radius 3 is 2.32 bits per heavy atom. The van der Waals surface area contributed by atoms with Crippen molar-refractivity contribution in [3.05, 3.63) is 0 Å². The molecule has 4 nitrogen and oxygen atoms in total. The highest BCUT2D eigenvalue weighted by Gasteiger charge is 2.52. The Hall–Kier alpha value is -0.770. The predicted octanol–water partition coefficient (Wildman–Crippen LogP) is 2.90. The van der Waals surface area contributed by atoms with Crippen LogP contribution in [-0.4, -0.2) is 34.7 Å². The SMILES string of the molecule is CC1(C)CCC(C2(N)CC2)N(C(=O)OC(C)(C)C)C1. The molecule has 1 saturated carbocycles. The highest BCUT2D eigenvalue weighted by Crippen LogP contribution is 2.45. The summed E-state index contributed by atoms with van der Waals surface area (Å²) in [6, 6.07) is 0.148. The van der Waals surface area contributed by atoms with E-state index >= 15 is 0 Å². The first kappa shape index (κ1) is 14.6. The molecule has 1 aliphatic carbocycles. The van der Waals surface area contributed by atoms with Crippen molar-refractivity contribution in [1.82, 2.24) is 4.90 Å². The van der Waals surface area contributed by atoms with Crippen LogP contribution in [0.15, 0.2) is 0 Å². The summed E-state index contributed by atoms with van der Waals surface area (Å²) in [5.74, 6) is 0. The van der Waals surface area contributed by atoms with E-state index in [0.29, 0.717) is 0 Å². The molecule has 0 aromatic rings. The smallest absolute Gasteiger partial charge is 0.410 e. The van der Waals surface area contributed by atoms with Gasteiger partial charge in [-0.25, -0.2) is 4.79 Å². The van der Waals surface area contributed by atoms with Gasteiger partial charge in [0.05, 0.1) is 6.04 Å². The van der Waals surface area contributed by atoms with Crippen molar-refractivity contribution in [2.45, 2.75) is 77.5 Å². The zero-order valence-corrected chi connectivity index (χ0v) is 13.0. The molecule has 0 radical (unpaired) electrons. The van der Waals surface area contributed by atoms with Crippen LogP contribution in [0.4, 0.5) is 4.79 Å². The van der Waals surface area contributed by atoms with Crippen LogP contribution in [0.5, 0.6) is 0 Å². The van der Waals surface area contributed by atoms with Gasteiger partial charge in [0.1, 0.15) is 5.60 Å². The molecule has 1 amide bonds. The Morgan fingerprint density at radius 1 is 1.26 bits per heavy atom. The fraction of sp³-hybridized carbons (Fsp3) is 0.933. The lowest BCUT2D eigenvalue weighted by atomic mass is 9.79. The minimum absolute atomic E-state index is 0.148. The van der Waals surface area contributed by atoms with E-state index in [1.807, 2.05) is 25.7 Å². The molecule has 110 valence electrons. The average Bonchev–Trinajstić information content (AvgIpc) is 2.93. The van der Waals surface area contributed by atoms with Gasteiger partial charge in [-0.15, -0.1) is 0 Å². The molecule has 2 aliphatic rings. The normalized spacial score (nSPS) is 28.9. The van der Waals surface area contributed by atoms with Gasteiger partial charge in [0, 0.05) is 12.1 Å². The molecule has 2 fully saturated rings. The predicted molar refractivity (Wildman–Crippen MR) is 75.9 cm³/mol. The van der Waals surface area contributed by atoms with Gasteiger partial charge in [0.15, 0.2) is 0 Å². The standard InChI is InChI=1S/C15H28N2O2/c1-13(2,3)19-12(18)17-10-14(4,5)7-6-11(17)15(16)8-9-15/h11H,6-10,16H2,1-5H3. The summed E-state index contributed by atoms with van der Waals surface area (Å²) in [7, 11) is 0. The third-order valence-corrected chi connectivity index (χ3v) is 4.19. The number of nitrogens with two attached hydrogens (primary N) is 1. The Labute approximate surface area is 116 Å². The first-order chi connectivity index (χ1) is 8.53. The average molecular weight is 268 g/mol. The molecule has 1 unspecified atom stereocenters. The van der Waals surface area contributed by atoms with Gasteiger partial charge in [0.2, 0.25) is 0 Å². The number of piperidine rings is 1. The summed E-state index contributed by atoms with van der Waals surface area (Å²) >= 11 is 0. The van der Waals surface area contributed by atoms with Gasteiger partial charge < -0.3 is 15.4 Å². The Balaban J connectivity index is 2.14. The second-order valence-electron chi connectivity index (χ2n) is 8.06. The van der Waals surface area contributed by atoms with Crippen LogP contribution in [0.3, 0.4) is 0 Å². The molecule has 2 rings (SSSR count). The topological polar surface area (TPSA) is 55.6 Å². The fourth-order valence-corrected chi connectivity index (χ4v) is 2.92. The monoisotopic (exact) mass is 268 g/mol. The van der Waals surface area contributed by atoms with Crippen molar-refractivity contribution in [2.24, 2.45) is 11.1 Å². The van der Waals surface area contributed by atoms with E-state index in [1.165, 1.54) is 0 Å². The number of carbonyl (C=O) groups excluding carboxylic acids is 1. The van der Waals surface area contributed by atoms with E-state index in [-0.39, 0.29) is 23.1 Å². The van der Waals surface area contributed by atoms with Crippen LogP contribution in [0, 0.1) is 5.41 Å². The maximum Gasteiger partial charge on any atom is 0.410 e. The number of ether oxygens (including phenoxy) is 1. The van der Waals surface area contributed by atoms with Crippen molar-refractivity contribution in [1.29, 1.82) is 0 Å². The lowest BCUT2D eigenvalue weighted by molar-refractivity contribution is -0.0136. The Kier molecular flexibility index (Phi) is 3.37. The van der Waals surface area contributed by atoms with Crippen molar-refractivity contribution >= 4 is 6.09 Å². The van der Waals surface area contributed by atoms with Gasteiger partial charge in [0.25, 0.3) is 0 Å².